The van der Waals surface area contributed by atoms with Gasteiger partial charge in [0.05, 0.1) is 17.6 Å². The van der Waals surface area contributed by atoms with E-state index in [1.165, 1.54) is 0 Å². The van der Waals surface area contributed by atoms with E-state index < -0.39 is 0 Å². The largest absolute Gasteiger partial charge is 0.317 e. The van der Waals surface area contributed by atoms with Crippen LogP contribution in [0.2, 0.25) is 0 Å². The highest BCUT2D eigenvalue weighted by Crippen LogP contribution is 2.21. The highest BCUT2D eigenvalue weighted by atomic mass is 16.1. The van der Waals surface area contributed by atoms with Crippen LogP contribution in [0.4, 0.5) is 0 Å². The molecule has 0 saturated carbocycles. The summed E-state index contributed by atoms with van der Waals surface area (Å²) in [6, 6.07) is 8.11. The number of hydrogen-bond acceptors (Lipinski definition) is 3. The van der Waals surface area contributed by atoms with Crippen molar-refractivity contribution in [3.05, 3.63) is 30.0 Å². The Kier molecular flexibility index (Phi) is 3.83. The standard InChI is InChI=1S/C16H21N3O/c1-19-16-5-3-2-4-14(16)15(18-19)11-13(20)10-12-6-8-17-9-7-12/h2-5,12,17H,6-11H2,1H3. The number of ketones is 1. The molecule has 0 amide bonds. The maximum absolute atomic E-state index is 12.3. The predicted molar refractivity (Wildman–Crippen MR) is 79.6 cm³/mol. The van der Waals surface area contributed by atoms with Gasteiger partial charge in [-0.25, -0.2) is 0 Å². The van der Waals surface area contributed by atoms with E-state index in [1.807, 2.05) is 29.9 Å². The number of Topliss-reactive ketones (excluding diaryl/α,β-unsaturated/α-hetero) is 1. The fourth-order valence-electron chi connectivity index (χ4n) is 3.09. The fourth-order valence-corrected chi connectivity index (χ4v) is 3.09. The lowest BCUT2D eigenvalue weighted by Gasteiger charge is -2.21. The van der Waals surface area contributed by atoms with Crippen molar-refractivity contribution in [3.8, 4) is 0 Å². The topological polar surface area (TPSA) is 46.9 Å². The van der Waals surface area contributed by atoms with Gasteiger partial charge in [0.25, 0.3) is 0 Å². The van der Waals surface area contributed by atoms with Gasteiger partial charge in [0, 0.05) is 18.9 Å². The smallest absolute Gasteiger partial charge is 0.139 e. The lowest BCUT2D eigenvalue weighted by molar-refractivity contribution is -0.119. The summed E-state index contributed by atoms with van der Waals surface area (Å²) in [6.45, 7) is 2.09. The number of piperidine rings is 1. The molecular formula is C16H21N3O. The van der Waals surface area contributed by atoms with Crippen LogP contribution in [0.3, 0.4) is 0 Å². The molecule has 4 heteroatoms. The minimum atomic E-state index is 0.320. The number of aromatic nitrogens is 2. The maximum Gasteiger partial charge on any atom is 0.139 e. The molecule has 4 nitrogen and oxygen atoms in total. The number of benzene rings is 1. The van der Waals surface area contributed by atoms with E-state index >= 15 is 0 Å². The first-order valence-corrected chi connectivity index (χ1v) is 7.37. The second-order valence-corrected chi connectivity index (χ2v) is 5.70. The number of nitrogens with zero attached hydrogens (tertiary/aromatic N) is 2. The predicted octanol–water partition coefficient (Wildman–Crippen LogP) is 2.07. The number of rotatable bonds is 4. The Morgan fingerprint density at radius 3 is 2.90 bits per heavy atom. The number of carbonyl (C=O) groups is 1. The molecule has 106 valence electrons. The van der Waals surface area contributed by atoms with Crippen LogP contribution < -0.4 is 5.32 Å². The molecule has 0 unspecified atom stereocenters. The van der Waals surface area contributed by atoms with Crippen molar-refractivity contribution in [3.63, 3.8) is 0 Å². The Morgan fingerprint density at radius 1 is 1.35 bits per heavy atom. The summed E-state index contributed by atoms with van der Waals surface area (Å²) in [5.74, 6) is 0.875. The number of para-hydroxylation sites is 1. The highest BCUT2D eigenvalue weighted by Gasteiger charge is 2.18. The molecule has 0 aliphatic carbocycles. The molecule has 3 rings (SSSR count). The highest BCUT2D eigenvalue weighted by molar-refractivity contribution is 5.88. The molecule has 0 bridgehead atoms. The SMILES string of the molecule is Cn1nc(CC(=O)CC2CCNCC2)c2ccccc21. The number of hydrogen-bond donors (Lipinski definition) is 1. The molecular weight excluding hydrogens is 250 g/mol. The Balaban J connectivity index is 1.71. The monoisotopic (exact) mass is 271 g/mol. The molecule has 1 N–H and O–H groups in total. The third-order valence-corrected chi connectivity index (χ3v) is 4.17. The zero-order valence-electron chi connectivity index (χ0n) is 11.9. The van der Waals surface area contributed by atoms with Crippen LogP contribution in [0.1, 0.15) is 25.0 Å². The van der Waals surface area contributed by atoms with Crippen LogP contribution in [0.5, 0.6) is 0 Å². The number of nitrogens with one attached hydrogen (secondary N) is 1. The van der Waals surface area contributed by atoms with Crippen molar-refractivity contribution in [1.29, 1.82) is 0 Å². The lowest BCUT2D eigenvalue weighted by Crippen LogP contribution is -2.29. The molecule has 1 aliphatic heterocycles. The molecule has 1 aromatic heterocycles. The van der Waals surface area contributed by atoms with E-state index in [4.69, 9.17) is 0 Å². The van der Waals surface area contributed by atoms with Gasteiger partial charge in [-0.2, -0.15) is 5.10 Å². The van der Waals surface area contributed by atoms with Gasteiger partial charge in [-0.05, 0) is 37.9 Å². The van der Waals surface area contributed by atoms with Gasteiger partial charge in [0.1, 0.15) is 5.78 Å². The molecule has 1 aliphatic rings. The van der Waals surface area contributed by atoms with Gasteiger partial charge in [0.15, 0.2) is 0 Å². The minimum absolute atomic E-state index is 0.320. The van der Waals surface area contributed by atoms with Crippen molar-refractivity contribution in [2.75, 3.05) is 13.1 Å². The fraction of sp³-hybridized carbons (Fsp3) is 0.500. The molecule has 1 saturated heterocycles. The Morgan fingerprint density at radius 2 is 2.10 bits per heavy atom. The molecule has 2 aromatic rings. The molecule has 2 heterocycles. The zero-order valence-corrected chi connectivity index (χ0v) is 11.9. The Bertz CT molecular complexity index is 611. The Labute approximate surface area is 119 Å². The van der Waals surface area contributed by atoms with Crippen LogP contribution in [-0.4, -0.2) is 28.7 Å². The number of aryl methyl sites for hydroxylation is 1. The van der Waals surface area contributed by atoms with Crippen molar-refractivity contribution in [2.24, 2.45) is 13.0 Å². The van der Waals surface area contributed by atoms with Gasteiger partial charge in [0.2, 0.25) is 0 Å². The van der Waals surface area contributed by atoms with E-state index in [-0.39, 0.29) is 0 Å². The van der Waals surface area contributed by atoms with E-state index in [0.29, 0.717) is 24.5 Å². The van der Waals surface area contributed by atoms with Crippen molar-refractivity contribution < 1.29 is 4.79 Å². The maximum atomic E-state index is 12.3. The second kappa shape index (κ2) is 5.75. The third kappa shape index (κ3) is 2.75. The van der Waals surface area contributed by atoms with Crippen LogP contribution >= 0.6 is 0 Å². The van der Waals surface area contributed by atoms with Crippen LogP contribution in [0.15, 0.2) is 24.3 Å². The summed E-state index contributed by atoms with van der Waals surface area (Å²) in [4.78, 5) is 12.3. The minimum Gasteiger partial charge on any atom is -0.317 e. The first-order chi connectivity index (χ1) is 9.74. The van der Waals surface area contributed by atoms with Gasteiger partial charge in [-0.15, -0.1) is 0 Å². The second-order valence-electron chi connectivity index (χ2n) is 5.70. The zero-order chi connectivity index (χ0) is 13.9. The first-order valence-electron chi connectivity index (χ1n) is 7.37. The third-order valence-electron chi connectivity index (χ3n) is 4.17. The average Bonchev–Trinajstić information content (AvgIpc) is 2.77. The number of fused-ring (bicyclic) bond motifs is 1. The first kappa shape index (κ1) is 13.3. The van der Waals surface area contributed by atoms with Gasteiger partial charge < -0.3 is 5.32 Å². The quantitative estimate of drug-likeness (QED) is 0.926. The summed E-state index contributed by atoms with van der Waals surface area (Å²) >= 11 is 0. The van der Waals surface area contributed by atoms with Gasteiger partial charge in [-0.1, -0.05) is 18.2 Å². The Hall–Kier alpha value is -1.68. The van der Waals surface area contributed by atoms with Crippen LogP contribution in [0, 0.1) is 5.92 Å². The summed E-state index contributed by atoms with van der Waals surface area (Å²) < 4.78 is 1.86. The normalized spacial score (nSPS) is 16.6. The van der Waals surface area contributed by atoms with Crippen molar-refractivity contribution in [1.82, 2.24) is 15.1 Å². The summed E-state index contributed by atoms with van der Waals surface area (Å²) in [5, 5.41) is 8.95. The summed E-state index contributed by atoms with van der Waals surface area (Å²) in [6.07, 6.45) is 3.40. The molecule has 0 atom stereocenters. The number of carbonyl (C=O) groups excluding carboxylic acids is 1. The molecule has 0 spiro atoms. The van der Waals surface area contributed by atoms with E-state index in [0.717, 1.165) is 42.5 Å². The average molecular weight is 271 g/mol. The summed E-state index contributed by atoms with van der Waals surface area (Å²) in [5.41, 5.74) is 2.01. The van der Waals surface area contributed by atoms with Crippen molar-refractivity contribution in [2.45, 2.75) is 25.7 Å². The van der Waals surface area contributed by atoms with E-state index in [1.54, 1.807) is 0 Å². The van der Waals surface area contributed by atoms with Crippen molar-refractivity contribution >= 4 is 16.7 Å². The molecule has 0 radical (unpaired) electrons. The van der Waals surface area contributed by atoms with Crippen LogP contribution in [-0.2, 0) is 18.3 Å². The van der Waals surface area contributed by atoms with Gasteiger partial charge >= 0.3 is 0 Å². The molecule has 1 aromatic carbocycles. The lowest BCUT2D eigenvalue weighted by atomic mass is 9.91. The van der Waals surface area contributed by atoms with Crippen LogP contribution in [0.25, 0.3) is 10.9 Å². The summed E-state index contributed by atoms with van der Waals surface area (Å²) in [7, 11) is 1.93. The molecule has 1 fully saturated rings. The van der Waals surface area contributed by atoms with E-state index in [9.17, 15) is 4.79 Å². The van der Waals surface area contributed by atoms with Gasteiger partial charge in [-0.3, -0.25) is 9.48 Å². The molecule has 20 heavy (non-hydrogen) atoms. The van der Waals surface area contributed by atoms with E-state index in [2.05, 4.69) is 16.5 Å².